The van der Waals surface area contributed by atoms with Gasteiger partial charge in [-0.2, -0.15) is 0 Å². The Hall–Kier alpha value is -1.39. The number of amides is 1. The van der Waals surface area contributed by atoms with Crippen molar-refractivity contribution in [3.63, 3.8) is 0 Å². The van der Waals surface area contributed by atoms with Crippen molar-refractivity contribution < 1.29 is 4.79 Å². The summed E-state index contributed by atoms with van der Waals surface area (Å²) in [5.74, 6) is 0.260. The van der Waals surface area contributed by atoms with Crippen LogP contribution in [0.15, 0.2) is 30.3 Å². The van der Waals surface area contributed by atoms with Gasteiger partial charge in [0.15, 0.2) is 0 Å². The van der Waals surface area contributed by atoms with Crippen LogP contribution in [0.2, 0.25) is 0 Å². The molecule has 1 aromatic rings. The Labute approximate surface area is 153 Å². The molecule has 1 amide bonds. The lowest BCUT2D eigenvalue weighted by Crippen LogP contribution is -2.54. The molecule has 140 valence electrons. The molecule has 1 aromatic carbocycles. The van der Waals surface area contributed by atoms with Crippen molar-refractivity contribution in [2.24, 2.45) is 11.7 Å². The molecule has 0 aliphatic carbocycles. The monoisotopic (exact) mass is 345 g/mol. The van der Waals surface area contributed by atoms with Gasteiger partial charge in [0.05, 0.1) is 6.04 Å². The second kappa shape index (κ2) is 9.35. The van der Waals surface area contributed by atoms with Crippen molar-refractivity contribution in [2.75, 3.05) is 13.1 Å². The van der Waals surface area contributed by atoms with Crippen LogP contribution in [0, 0.1) is 5.92 Å². The molecule has 0 spiro atoms. The highest BCUT2D eigenvalue weighted by molar-refractivity contribution is 5.82. The molecule has 0 saturated carbocycles. The van der Waals surface area contributed by atoms with Gasteiger partial charge in [-0.1, -0.05) is 50.6 Å². The smallest absolute Gasteiger partial charge is 0.240 e. The van der Waals surface area contributed by atoms with E-state index in [-0.39, 0.29) is 17.9 Å². The van der Waals surface area contributed by atoms with Crippen LogP contribution in [-0.2, 0) is 11.3 Å². The van der Waals surface area contributed by atoms with E-state index >= 15 is 0 Å². The van der Waals surface area contributed by atoms with Crippen molar-refractivity contribution in [1.82, 2.24) is 9.80 Å². The van der Waals surface area contributed by atoms with E-state index < -0.39 is 6.04 Å². The Morgan fingerprint density at radius 3 is 2.48 bits per heavy atom. The van der Waals surface area contributed by atoms with Crippen molar-refractivity contribution >= 4 is 5.91 Å². The van der Waals surface area contributed by atoms with E-state index in [1.54, 1.807) is 0 Å². The normalized spacial score (nSPS) is 20.0. The lowest BCUT2D eigenvalue weighted by atomic mass is 9.98. The first-order chi connectivity index (χ1) is 11.9. The first kappa shape index (κ1) is 19.9. The highest BCUT2D eigenvalue weighted by Crippen LogP contribution is 2.22. The van der Waals surface area contributed by atoms with Crippen LogP contribution in [0.4, 0.5) is 0 Å². The van der Waals surface area contributed by atoms with Crippen LogP contribution < -0.4 is 5.73 Å². The van der Waals surface area contributed by atoms with E-state index in [1.807, 2.05) is 18.7 Å². The third kappa shape index (κ3) is 5.55. The van der Waals surface area contributed by atoms with E-state index in [9.17, 15) is 4.79 Å². The maximum absolute atomic E-state index is 12.8. The summed E-state index contributed by atoms with van der Waals surface area (Å²) in [7, 11) is 0. The molecule has 2 rings (SSSR count). The minimum atomic E-state index is -0.409. The number of hydrogen-bond acceptors (Lipinski definition) is 3. The molecule has 4 heteroatoms. The van der Waals surface area contributed by atoms with Gasteiger partial charge >= 0.3 is 0 Å². The minimum absolute atomic E-state index is 0.0928. The van der Waals surface area contributed by atoms with Crippen LogP contribution in [0.1, 0.15) is 52.5 Å². The summed E-state index contributed by atoms with van der Waals surface area (Å²) in [6, 6.07) is 10.8. The topological polar surface area (TPSA) is 49.6 Å². The van der Waals surface area contributed by atoms with Gasteiger partial charge < -0.3 is 10.6 Å². The molecule has 2 unspecified atom stereocenters. The Bertz CT molecular complexity index is 529. The van der Waals surface area contributed by atoms with Crippen molar-refractivity contribution in [2.45, 2.75) is 71.6 Å². The van der Waals surface area contributed by atoms with Gasteiger partial charge in [0.25, 0.3) is 0 Å². The Morgan fingerprint density at radius 1 is 1.20 bits per heavy atom. The number of nitrogens with two attached hydrogens (primary N) is 1. The summed E-state index contributed by atoms with van der Waals surface area (Å²) in [4.78, 5) is 17.4. The van der Waals surface area contributed by atoms with E-state index in [0.29, 0.717) is 6.04 Å². The fourth-order valence-corrected chi connectivity index (χ4v) is 3.55. The van der Waals surface area contributed by atoms with Crippen LogP contribution in [0.25, 0.3) is 0 Å². The molecule has 1 aliphatic heterocycles. The molecule has 0 aromatic heterocycles. The molecular weight excluding hydrogens is 310 g/mol. The van der Waals surface area contributed by atoms with Crippen molar-refractivity contribution in [3.05, 3.63) is 35.9 Å². The van der Waals surface area contributed by atoms with E-state index in [4.69, 9.17) is 5.73 Å². The van der Waals surface area contributed by atoms with E-state index in [2.05, 4.69) is 49.1 Å². The summed E-state index contributed by atoms with van der Waals surface area (Å²) in [5.41, 5.74) is 7.50. The zero-order valence-corrected chi connectivity index (χ0v) is 16.3. The van der Waals surface area contributed by atoms with Gasteiger partial charge in [-0.25, -0.2) is 0 Å². The summed E-state index contributed by atoms with van der Waals surface area (Å²) in [6.45, 7) is 11.1. The number of piperidine rings is 1. The lowest BCUT2D eigenvalue weighted by Gasteiger charge is -2.41. The predicted octanol–water partition coefficient (Wildman–Crippen LogP) is 3.26. The van der Waals surface area contributed by atoms with E-state index in [0.717, 1.165) is 26.1 Å². The molecule has 4 nitrogen and oxygen atoms in total. The molecule has 0 bridgehead atoms. The zero-order valence-electron chi connectivity index (χ0n) is 16.3. The van der Waals surface area contributed by atoms with Crippen LogP contribution in [0.5, 0.6) is 0 Å². The average molecular weight is 346 g/mol. The first-order valence-electron chi connectivity index (χ1n) is 9.74. The third-order valence-corrected chi connectivity index (χ3v) is 5.29. The van der Waals surface area contributed by atoms with Gasteiger partial charge in [0.2, 0.25) is 5.91 Å². The number of rotatable bonds is 7. The molecule has 1 saturated heterocycles. The van der Waals surface area contributed by atoms with Gasteiger partial charge in [-0.3, -0.25) is 9.69 Å². The number of carbonyl (C=O) groups excluding carboxylic acids is 1. The Morgan fingerprint density at radius 2 is 1.88 bits per heavy atom. The minimum Gasteiger partial charge on any atom is -0.337 e. The molecule has 1 fully saturated rings. The molecule has 0 radical (unpaired) electrons. The quantitative estimate of drug-likeness (QED) is 0.825. The molecule has 1 heterocycles. The highest BCUT2D eigenvalue weighted by Gasteiger charge is 2.30. The van der Waals surface area contributed by atoms with Crippen LogP contribution in [0.3, 0.4) is 0 Å². The number of carbonyl (C=O) groups is 1. The molecule has 2 N–H and O–H groups in total. The molecule has 2 atom stereocenters. The summed E-state index contributed by atoms with van der Waals surface area (Å²) >= 11 is 0. The molecule has 25 heavy (non-hydrogen) atoms. The maximum Gasteiger partial charge on any atom is 0.240 e. The number of likely N-dealkylation sites (tertiary alicyclic amines) is 1. The number of nitrogens with zero attached hydrogens (tertiary/aromatic N) is 2. The lowest BCUT2D eigenvalue weighted by molar-refractivity contribution is -0.136. The summed E-state index contributed by atoms with van der Waals surface area (Å²) in [6.07, 6.45) is 3.64. The van der Waals surface area contributed by atoms with Crippen LogP contribution >= 0.6 is 0 Å². The zero-order chi connectivity index (χ0) is 18.4. The van der Waals surface area contributed by atoms with Gasteiger partial charge in [0, 0.05) is 25.2 Å². The van der Waals surface area contributed by atoms with Crippen molar-refractivity contribution in [3.8, 4) is 0 Å². The largest absolute Gasteiger partial charge is 0.337 e. The molecule has 1 aliphatic rings. The van der Waals surface area contributed by atoms with Gasteiger partial charge in [0.1, 0.15) is 0 Å². The second-order valence-corrected chi connectivity index (χ2v) is 7.96. The molecular formula is C21H35N3O. The number of hydrogen-bond donors (Lipinski definition) is 1. The van der Waals surface area contributed by atoms with E-state index in [1.165, 1.54) is 18.4 Å². The Balaban J connectivity index is 2.08. The standard InChI is InChI=1S/C21H35N3O/c1-16(2)20(22)21(25)24(17(3)4)15-19-12-8-9-13-23(19)14-18-10-6-5-7-11-18/h5-7,10-11,16-17,19-20H,8-9,12-15,22H2,1-4H3. The summed E-state index contributed by atoms with van der Waals surface area (Å²) in [5, 5.41) is 0. The van der Waals surface area contributed by atoms with Gasteiger partial charge in [-0.15, -0.1) is 0 Å². The van der Waals surface area contributed by atoms with Crippen molar-refractivity contribution in [1.29, 1.82) is 0 Å². The maximum atomic E-state index is 12.8. The van der Waals surface area contributed by atoms with Gasteiger partial charge in [-0.05, 0) is 44.7 Å². The first-order valence-corrected chi connectivity index (χ1v) is 9.74. The fraction of sp³-hybridized carbons (Fsp3) is 0.667. The number of benzene rings is 1. The highest BCUT2D eigenvalue weighted by atomic mass is 16.2. The van der Waals surface area contributed by atoms with Crippen LogP contribution in [-0.4, -0.2) is 46.9 Å². The Kier molecular flexibility index (Phi) is 7.45. The summed E-state index contributed by atoms with van der Waals surface area (Å²) < 4.78 is 0. The second-order valence-electron chi connectivity index (χ2n) is 7.96. The fourth-order valence-electron chi connectivity index (χ4n) is 3.55. The third-order valence-electron chi connectivity index (χ3n) is 5.29. The average Bonchev–Trinajstić information content (AvgIpc) is 2.60. The SMILES string of the molecule is CC(C)C(N)C(=O)N(CC1CCCCN1Cc1ccccc1)C(C)C. The predicted molar refractivity (Wildman–Crippen MR) is 104 cm³/mol.